The van der Waals surface area contributed by atoms with E-state index in [9.17, 15) is 9.59 Å². The summed E-state index contributed by atoms with van der Waals surface area (Å²) in [7, 11) is 0. The molecule has 1 aliphatic rings. The first-order chi connectivity index (χ1) is 16.0. The highest BCUT2D eigenvalue weighted by Crippen LogP contribution is 2.38. The lowest BCUT2D eigenvalue weighted by molar-refractivity contribution is 0.0527. The number of benzene rings is 2. The number of carbonyl (C=O) groups excluding carboxylic acids is 2. The van der Waals surface area contributed by atoms with Crippen LogP contribution in [0.5, 0.6) is 17.2 Å². The number of esters is 1. The maximum Gasteiger partial charge on any atom is 0.341 e. The zero-order chi connectivity index (χ0) is 23.4. The SMILES string of the molecule is CCOC(=O)c1c(NC(=O)c2ccc(OCC)cc2)sc(Cc2ccc3c(c2)OCO3)c1C. The van der Waals surface area contributed by atoms with Gasteiger partial charge in [0.2, 0.25) is 6.79 Å². The van der Waals surface area contributed by atoms with E-state index in [0.717, 1.165) is 21.8 Å². The van der Waals surface area contributed by atoms with Crippen molar-refractivity contribution in [3.8, 4) is 17.2 Å². The molecule has 3 aromatic rings. The van der Waals surface area contributed by atoms with Gasteiger partial charge in [0.05, 0.1) is 18.8 Å². The van der Waals surface area contributed by atoms with E-state index in [-0.39, 0.29) is 19.3 Å². The van der Waals surface area contributed by atoms with Crippen molar-refractivity contribution in [1.82, 2.24) is 0 Å². The minimum Gasteiger partial charge on any atom is -0.494 e. The molecule has 2 heterocycles. The van der Waals surface area contributed by atoms with Crippen molar-refractivity contribution in [2.45, 2.75) is 27.2 Å². The minimum atomic E-state index is -0.454. The van der Waals surface area contributed by atoms with Gasteiger partial charge in [-0.2, -0.15) is 0 Å². The van der Waals surface area contributed by atoms with Crippen molar-refractivity contribution in [1.29, 1.82) is 0 Å². The van der Waals surface area contributed by atoms with Crippen LogP contribution in [0.2, 0.25) is 0 Å². The molecule has 1 aliphatic heterocycles. The summed E-state index contributed by atoms with van der Waals surface area (Å²) >= 11 is 1.37. The molecule has 0 unspecified atom stereocenters. The number of anilines is 1. The third-order valence-electron chi connectivity index (χ3n) is 5.18. The van der Waals surface area contributed by atoms with Crippen LogP contribution in [0.3, 0.4) is 0 Å². The van der Waals surface area contributed by atoms with E-state index in [1.807, 2.05) is 32.0 Å². The quantitative estimate of drug-likeness (QED) is 0.458. The second-order valence-electron chi connectivity index (χ2n) is 7.35. The maximum atomic E-state index is 12.9. The average Bonchev–Trinajstić information content (AvgIpc) is 3.38. The molecule has 1 amide bonds. The molecule has 2 aromatic carbocycles. The van der Waals surface area contributed by atoms with Crippen LogP contribution in [-0.4, -0.2) is 31.9 Å². The van der Waals surface area contributed by atoms with Crippen molar-refractivity contribution < 1.29 is 28.5 Å². The van der Waals surface area contributed by atoms with Crippen LogP contribution < -0.4 is 19.5 Å². The summed E-state index contributed by atoms with van der Waals surface area (Å²) in [6.07, 6.45) is 0.582. The van der Waals surface area contributed by atoms with E-state index in [4.69, 9.17) is 18.9 Å². The molecule has 33 heavy (non-hydrogen) atoms. The molecule has 0 aliphatic carbocycles. The smallest absolute Gasteiger partial charge is 0.341 e. The Morgan fingerprint density at radius 2 is 1.79 bits per heavy atom. The Balaban J connectivity index is 1.60. The lowest BCUT2D eigenvalue weighted by Gasteiger charge is -2.08. The summed E-state index contributed by atoms with van der Waals surface area (Å²) in [4.78, 5) is 26.6. The monoisotopic (exact) mass is 467 g/mol. The molecular weight excluding hydrogens is 442 g/mol. The Bertz CT molecular complexity index is 1170. The molecule has 8 heteroatoms. The largest absolute Gasteiger partial charge is 0.494 e. The maximum absolute atomic E-state index is 12.9. The zero-order valence-electron chi connectivity index (χ0n) is 18.7. The fraction of sp³-hybridized carbons (Fsp3) is 0.280. The molecule has 0 radical (unpaired) electrons. The van der Waals surface area contributed by atoms with Crippen LogP contribution in [0, 0.1) is 6.92 Å². The molecule has 4 rings (SSSR count). The van der Waals surface area contributed by atoms with E-state index >= 15 is 0 Å². The molecule has 0 spiro atoms. The van der Waals surface area contributed by atoms with Gasteiger partial charge in [-0.3, -0.25) is 4.79 Å². The second-order valence-corrected chi connectivity index (χ2v) is 8.46. The zero-order valence-corrected chi connectivity index (χ0v) is 19.5. The number of thiophene rings is 1. The summed E-state index contributed by atoms with van der Waals surface area (Å²) in [6.45, 7) is 6.54. The van der Waals surface area contributed by atoms with Crippen molar-refractivity contribution >= 4 is 28.2 Å². The van der Waals surface area contributed by atoms with Crippen molar-refractivity contribution in [2.75, 3.05) is 25.3 Å². The predicted octanol–water partition coefficient (Wildman–Crippen LogP) is 5.20. The number of carbonyl (C=O) groups is 2. The third-order valence-corrected chi connectivity index (χ3v) is 6.39. The van der Waals surface area contributed by atoms with Crippen molar-refractivity contribution in [3.63, 3.8) is 0 Å². The van der Waals surface area contributed by atoms with Crippen molar-refractivity contribution in [3.05, 3.63) is 69.6 Å². The summed E-state index contributed by atoms with van der Waals surface area (Å²) in [6, 6.07) is 12.7. The van der Waals surface area contributed by atoms with E-state index in [2.05, 4.69) is 5.32 Å². The van der Waals surface area contributed by atoms with Gasteiger partial charge < -0.3 is 24.3 Å². The van der Waals surface area contributed by atoms with E-state index in [1.54, 1.807) is 31.2 Å². The molecule has 172 valence electrons. The number of hydrogen-bond acceptors (Lipinski definition) is 7. The van der Waals surface area contributed by atoms with Gasteiger partial charge >= 0.3 is 5.97 Å². The van der Waals surface area contributed by atoms with Gasteiger partial charge in [-0.1, -0.05) is 6.07 Å². The Morgan fingerprint density at radius 1 is 1.03 bits per heavy atom. The van der Waals surface area contributed by atoms with Gasteiger partial charge in [0, 0.05) is 16.9 Å². The second kappa shape index (κ2) is 9.95. The summed E-state index contributed by atoms with van der Waals surface area (Å²) in [5.74, 6) is 1.36. The molecule has 1 aromatic heterocycles. The molecule has 0 saturated heterocycles. The highest BCUT2D eigenvalue weighted by Gasteiger charge is 2.24. The number of fused-ring (bicyclic) bond motifs is 1. The molecule has 0 saturated carbocycles. The lowest BCUT2D eigenvalue weighted by Crippen LogP contribution is -2.14. The third kappa shape index (κ3) is 4.96. The Labute approximate surface area is 196 Å². The van der Waals surface area contributed by atoms with Crippen LogP contribution in [-0.2, 0) is 11.2 Å². The van der Waals surface area contributed by atoms with Gasteiger partial charge in [0.25, 0.3) is 5.91 Å². The fourth-order valence-corrected chi connectivity index (χ4v) is 4.77. The standard InChI is InChI=1S/C25H25NO6S/c1-4-29-18-9-7-17(8-10-18)23(27)26-24-22(25(28)30-5-2)15(3)21(33-24)13-16-6-11-19-20(12-16)32-14-31-19/h6-12H,4-5,13-14H2,1-3H3,(H,26,27). The number of nitrogens with one attached hydrogen (secondary N) is 1. The summed E-state index contributed by atoms with van der Waals surface area (Å²) in [5.41, 5.74) is 2.66. The summed E-state index contributed by atoms with van der Waals surface area (Å²) in [5, 5.41) is 3.37. The van der Waals surface area contributed by atoms with Crippen LogP contribution in [0.25, 0.3) is 0 Å². The molecule has 0 atom stereocenters. The van der Waals surface area contributed by atoms with Crippen LogP contribution in [0.4, 0.5) is 5.00 Å². The van der Waals surface area contributed by atoms with E-state index < -0.39 is 5.97 Å². The van der Waals surface area contributed by atoms with Gasteiger partial charge in [0.15, 0.2) is 11.5 Å². The Morgan fingerprint density at radius 3 is 2.52 bits per heavy atom. The molecule has 0 fully saturated rings. The highest BCUT2D eigenvalue weighted by molar-refractivity contribution is 7.17. The Kier molecular flexibility index (Phi) is 6.84. The lowest BCUT2D eigenvalue weighted by atomic mass is 10.1. The first kappa shape index (κ1) is 22.7. The number of hydrogen-bond donors (Lipinski definition) is 1. The molecule has 7 nitrogen and oxygen atoms in total. The first-order valence-electron chi connectivity index (χ1n) is 10.7. The molecule has 0 bridgehead atoms. The highest BCUT2D eigenvalue weighted by atomic mass is 32.1. The number of amides is 1. The fourth-order valence-electron chi connectivity index (χ4n) is 3.55. The van der Waals surface area contributed by atoms with Crippen LogP contribution >= 0.6 is 11.3 Å². The predicted molar refractivity (Wildman–Crippen MR) is 126 cm³/mol. The Hall–Kier alpha value is -3.52. The number of ether oxygens (including phenoxy) is 4. The van der Waals surface area contributed by atoms with Gasteiger partial charge in [0.1, 0.15) is 10.8 Å². The van der Waals surface area contributed by atoms with Crippen molar-refractivity contribution in [2.24, 2.45) is 0 Å². The number of rotatable bonds is 8. The van der Waals surface area contributed by atoms with Crippen LogP contribution in [0.15, 0.2) is 42.5 Å². The topological polar surface area (TPSA) is 83.1 Å². The van der Waals surface area contributed by atoms with Gasteiger partial charge in [-0.25, -0.2) is 4.79 Å². The average molecular weight is 468 g/mol. The molecule has 1 N–H and O–H groups in total. The molecular formula is C25H25NO6S. The van der Waals surface area contributed by atoms with Gasteiger partial charge in [-0.15, -0.1) is 11.3 Å². The first-order valence-corrected chi connectivity index (χ1v) is 11.5. The van der Waals surface area contributed by atoms with E-state index in [0.29, 0.717) is 40.7 Å². The normalized spacial score (nSPS) is 11.8. The van der Waals surface area contributed by atoms with E-state index in [1.165, 1.54) is 11.3 Å². The minimum absolute atomic E-state index is 0.214. The van der Waals surface area contributed by atoms with Gasteiger partial charge in [-0.05, 0) is 68.3 Å². The van der Waals surface area contributed by atoms with Crippen LogP contribution in [0.1, 0.15) is 50.6 Å². The summed E-state index contributed by atoms with van der Waals surface area (Å²) < 4.78 is 21.6.